The van der Waals surface area contributed by atoms with Crippen molar-refractivity contribution >= 4 is 0 Å². The number of hydrogen-bond donors (Lipinski definition) is 2. The van der Waals surface area contributed by atoms with Gasteiger partial charge in [-0.15, -0.1) is 0 Å². The fraction of sp³-hybridized carbons (Fsp3) is 1.00. The highest BCUT2D eigenvalue weighted by atomic mass is 16.5. The second-order valence-electron chi connectivity index (χ2n) is 4.80. The molecular formula is C11H22N2O. The van der Waals surface area contributed by atoms with Gasteiger partial charge >= 0.3 is 0 Å². The van der Waals surface area contributed by atoms with Crippen LogP contribution in [-0.4, -0.2) is 31.3 Å². The Balaban J connectivity index is 1.62. The Labute approximate surface area is 86.4 Å². The number of rotatable bonds is 3. The number of nitrogens with two attached hydrogens (primary N) is 1. The summed E-state index contributed by atoms with van der Waals surface area (Å²) in [6.07, 6.45) is 7.80. The third-order valence-corrected chi connectivity index (χ3v) is 3.67. The molecule has 0 radical (unpaired) electrons. The van der Waals surface area contributed by atoms with Gasteiger partial charge in [0.05, 0.1) is 6.10 Å². The molecule has 0 aliphatic heterocycles. The lowest BCUT2D eigenvalue weighted by atomic mass is 9.85. The van der Waals surface area contributed by atoms with Gasteiger partial charge in [0.1, 0.15) is 0 Å². The molecule has 0 aromatic heterocycles. The first-order chi connectivity index (χ1) is 6.78. The van der Waals surface area contributed by atoms with Gasteiger partial charge in [-0.3, -0.25) is 0 Å². The third-order valence-electron chi connectivity index (χ3n) is 3.67. The highest BCUT2D eigenvalue weighted by molar-refractivity contribution is 4.89. The second-order valence-corrected chi connectivity index (χ2v) is 4.80. The van der Waals surface area contributed by atoms with Crippen LogP contribution in [0.4, 0.5) is 0 Å². The van der Waals surface area contributed by atoms with E-state index in [9.17, 15) is 0 Å². The minimum Gasteiger partial charge on any atom is -0.381 e. The van der Waals surface area contributed by atoms with E-state index in [4.69, 9.17) is 10.5 Å². The average molecular weight is 198 g/mol. The van der Waals surface area contributed by atoms with E-state index in [1.54, 1.807) is 7.11 Å². The third kappa shape index (κ3) is 2.47. The van der Waals surface area contributed by atoms with Crippen LogP contribution in [-0.2, 0) is 4.74 Å². The lowest BCUT2D eigenvalue weighted by Crippen LogP contribution is -2.50. The first kappa shape index (κ1) is 10.4. The predicted molar refractivity (Wildman–Crippen MR) is 57.2 cm³/mol. The summed E-state index contributed by atoms with van der Waals surface area (Å²) in [7, 11) is 1.81. The van der Waals surface area contributed by atoms with Crippen molar-refractivity contribution in [3.8, 4) is 0 Å². The first-order valence-electron chi connectivity index (χ1n) is 5.82. The molecule has 0 saturated heterocycles. The smallest absolute Gasteiger partial charge is 0.0601 e. The first-order valence-corrected chi connectivity index (χ1v) is 5.82. The van der Waals surface area contributed by atoms with Crippen LogP contribution in [0.25, 0.3) is 0 Å². The van der Waals surface area contributed by atoms with Crippen molar-refractivity contribution < 1.29 is 4.74 Å². The summed E-state index contributed by atoms with van der Waals surface area (Å²) >= 11 is 0. The molecule has 0 bridgehead atoms. The largest absolute Gasteiger partial charge is 0.381 e. The highest BCUT2D eigenvalue weighted by Crippen LogP contribution is 2.25. The van der Waals surface area contributed by atoms with Gasteiger partial charge in [0, 0.05) is 25.2 Å². The normalized spacial score (nSPS) is 43.3. The van der Waals surface area contributed by atoms with Crippen LogP contribution in [0.1, 0.15) is 38.5 Å². The lowest BCUT2D eigenvalue weighted by molar-refractivity contribution is 0.0126. The Hall–Kier alpha value is -0.120. The summed E-state index contributed by atoms with van der Waals surface area (Å²) in [5, 5.41) is 3.70. The Morgan fingerprint density at radius 2 is 1.71 bits per heavy atom. The number of ether oxygens (including phenoxy) is 1. The van der Waals surface area contributed by atoms with E-state index in [0.29, 0.717) is 18.2 Å². The highest BCUT2D eigenvalue weighted by Gasteiger charge is 2.31. The van der Waals surface area contributed by atoms with Crippen LogP contribution >= 0.6 is 0 Å². The SMILES string of the molecule is COC1CC(NC2CCC(N)CC2)C1. The van der Waals surface area contributed by atoms with E-state index in [0.717, 1.165) is 6.04 Å². The summed E-state index contributed by atoms with van der Waals surface area (Å²) in [4.78, 5) is 0. The van der Waals surface area contributed by atoms with Gasteiger partial charge in [-0.1, -0.05) is 0 Å². The Bertz CT molecular complexity index is 172. The predicted octanol–water partition coefficient (Wildman–Crippen LogP) is 1.02. The number of methoxy groups -OCH3 is 1. The van der Waals surface area contributed by atoms with Gasteiger partial charge in [-0.05, 0) is 38.5 Å². The number of nitrogens with one attached hydrogen (secondary N) is 1. The summed E-state index contributed by atoms with van der Waals surface area (Å²) < 4.78 is 5.26. The van der Waals surface area contributed by atoms with Crippen molar-refractivity contribution in [2.45, 2.75) is 62.8 Å². The van der Waals surface area contributed by atoms with E-state index in [1.807, 2.05) is 0 Å². The molecule has 2 aliphatic rings. The van der Waals surface area contributed by atoms with Gasteiger partial charge in [0.2, 0.25) is 0 Å². The van der Waals surface area contributed by atoms with Crippen LogP contribution < -0.4 is 11.1 Å². The minimum absolute atomic E-state index is 0.459. The molecule has 3 heteroatoms. The molecule has 14 heavy (non-hydrogen) atoms. The fourth-order valence-corrected chi connectivity index (χ4v) is 2.51. The quantitative estimate of drug-likeness (QED) is 0.712. The fourth-order valence-electron chi connectivity index (χ4n) is 2.51. The maximum Gasteiger partial charge on any atom is 0.0601 e. The molecule has 2 saturated carbocycles. The molecule has 82 valence electrons. The van der Waals surface area contributed by atoms with E-state index in [2.05, 4.69) is 5.32 Å². The number of hydrogen-bond acceptors (Lipinski definition) is 3. The molecule has 2 aliphatic carbocycles. The van der Waals surface area contributed by atoms with Crippen molar-refractivity contribution in [3.05, 3.63) is 0 Å². The monoisotopic (exact) mass is 198 g/mol. The van der Waals surface area contributed by atoms with Crippen LogP contribution in [0.2, 0.25) is 0 Å². The van der Waals surface area contributed by atoms with E-state index >= 15 is 0 Å². The topological polar surface area (TPSA) is 47.3 Å². The summed E-state index contributed by atoms with van der Waals surface area (Å²) in [5.74, 6) is 0. The maximum atomic E-state index is 5.87. The van der Waals surface area contributed by atoms with Crippen molar-refractivity contribution in [1.29, 1.82) is 0 Å². The van der Waals surface area contributed by atoms with Crippen molar-refractivity contribution in [3.63, 3.8) is 0 Å². The molecule has 3 nitrogen and oxygen atoms in total. The zero-order valence-electron chi connectivity index (χ0n) is 9.04. The molecule has 0 aromatic carbocycles. The van der Waals surface area contributed by atoms with E-state index in [1.165, 1.54) is 38.5 Å². The van der Waals surface area contributed by atoms with Crippen LogP contribution in [0.3, 0.4) is 0 Å². The molecule has 0 spiro atoms. The molecule has 2 rings (SSSR count). The Morgan fingerprint density at radius 3 is 2.29 bits per heavy atom. The van der Waals surface area contributed by atoms with Crippen LogP contribution in [0, 0.1) is 0 Å². The standard InChI is InChI=1S/C11H22N2O/c1-14-11-6-10(7-11)13-9-4-2-8(12)3-5-9/h8-11,13H,2-7,12H2,1H3. The molecule has 0 heterocycles. The van der Waals surface area contributed by atoms with Gasteiger partial charge in [-0.2, -0.15) is 0 Å². The molecule has 0 amide bonds. The summed E-state index contributed by atoms with van der Waals surface area (Å²) in [6.45, 7) is 0. The Kier molecular flexibility index (Phi) is 3.42. The van der Waals surface area contributed by atoms with Crippen molar-refractivity contribution in [2.75, 3.05) is 7.11 Å². The van der Waals surface area contributed by atoms with Gasteiger partial charge < -0.3 is 15.8 Å². The molecular weight excluding hydrogens is 176 g/mol. The van der Waals surface area contributed by atoms with E-state index in [-0.39, 0.29) is 0 Å². The molecule has 0 unspecified atom stereocenters. The second kappa shape index (κ2) is 4.60. The Morgan fingerprint density at radius 1 is 1.07 bits per heavy atom. The molecule has 2 fully saturated rings. The summed E-state index contributed by atoms with van der Waals surface area (Å²) in [5.41, 5.74) is 5.87. The van der Waals surface area contributed by atoms with Crippen LogP contribution in [0.15, 0.2) is 0 Å². The van der Waals surface area contributed by atoms with Crippen LogP contribution in [0.5, 0.6) is 0 Å². The lowest BCUT2D eigenvalue weighted by Gasteiger charge is -2.39. The molecule has 3 N–H and O–H groups in total. The van der Waals surface area contributed by atoms with Crippen molar-refractivity contribution in [2.24, 2.45) is 5.73 Å². The van der Waals surface area contributed by atoms with E-state index < -0.39 is 0 Å². The average Bonchev–Trinajstić information content (AvgIpc) is 2.13. The minimum atomic E-state index is 0.459. The molecule has 0 aromatic rings. The zero-order valence-corrected chi connectivity index (χ0v) is 9.04. The van der Waals surface area contributed by atoms with Crippen molar-refractivity contribution in [1.82, 2.24) is 5.32 Å². The molecule has 0 atom stereocenters. The van der Waals surface area contributed by atoms with Gasteiger partial charge in [0.15, 0.2) is 0 Å². The van der Waals surface area contributed by atoms with Gasteiger partial charge in [-0.25, -0.2) is 0 Å². The maximum absolute atomic E-state index is 5.87. The zero-order chi connectivity index (χ0) is 9.97. The summed E-state index contributed by atoms with van der Waals surface area (Å²) in [6, 6.07) is 1.89. The van der Waals surface area contributed by atoms with Gasteiger partial charge in [0.25, 0.3) is 0 Å².